The molecule has 1 aliphatic rings. The first kappa shape index (κ1) is 13.9. The Balaban J connectivity index is 2.49. The van der Waals surface area contributed by atoms with Crippen LogP contribution in [0.2, 0.25) is 5.02 Å². The van der Waals surface area contributed by atoms with Crippen molar-refractivity contribution in [1.29, 1.82) is 0 Å². The highest BCUT2D eigenvalue weighted by Gasteiger charge is 2.49. The van der Waals surface area contributed by atoms with E-state index < -0.39 is 11.5 Å². The van der Waals surface area contributed by atoms with Gasteiger partial charge in [0.15, 0.2) is 5.54 Å². The molecule has 2 rings (SSSR count). The Morgan fingerprint density at radius 1 is 1.32 bits per heavy atom. The molecule has 1 unspecified atom stereocenters. The minimum absolute atomic E-state index is 0.0225. The fourth-order valence-electron chi connectivity index (χ4n) is 2.41. The maximum absolute atomic E-state index is 11.9. The molecule has 0 spiro atoms. The summed E-state index contributed by atoms with van der Waals surface area (Å²) in [4.78, 5) is 25.1. The molecule has 102 valence electrons. The van der Waals surface area contributed by atoms with Crippen LogP contribution in [0.15, 0.2) is 24.3 Å². The van der Waals surface area contributed by atoms with Crippen molar-refractivity contribution >= 4 is 23.5 Å². The number of carbonyl (C=O) groups excluding carboxylic acids is 1. The van der Waals surface area contributed by atoms with Gasteiger partial charge in [-0.05, 0) is 37.5 Å². The zero-order valence-electron chi connectivity index (χ0n) is 10.9. The van der Waals surface area contributed by atoms with Gasteiger partial charge in [0.1, 0.15) is 0 Å². The highest BCUT2D eigenvalue weighted by Crippen LogP contribution is 2.39. The predicted molar refractivity (Wildman–Crippen MR) is 72.0 cm³/mol. The Morgan fingerprint density at radius 3 is 2.21 bits per heavy atom. The second-order valence-electron chi connectivity index (χ2n) is 5.00. The number of amides is 1. The Hall–Kier alpha value is -1.55. The molecule has 1 aromatic rings. The van der Waals surface area contributed by atoms with Crippen LogP contribution in [-0.4, -0.2) is 27.9 Å². The van der Waals surface area contributed by atoms with Gasteiger partial charge in [0.25, 0.3) is 0 Å². The number of benzene rings is 1. The maximum Gasteiger partial charge on any atom is 0.334 e. The Morgan fingerprint density at radius 2 is 1.84 bits per heavy atom. The molecule has 1 saturated carbocycles. The maximum atomic E-state index is 11.9. The third-order valence-corrected chi connectivity index (χ3v) is 3.81. The van der Waals surface area contributed by atoms with Crippen LogP contribution in [0.3, 0.4) is 0 Å². The minimum Gasteiger partial charge on any atom is -0.479 e. The highest BCUT2D eigenvalue weighted by atomic mass is 35.5. The van der Waals surface area contributed by atoms with Gasteiger partial charge in [-0.15, -0.1) is 0 Å². The van der Waals surface area contributed by atoms with Gasteiger partial charge in [-0.2, -0.15) is 0 Å². The number of carbonyl (C=O) groups is 2. The number of nitrogens with zero attached hydrogens (tertiary/aromatic N) is 1. The van der Waals surface area contributed by atoms with Gasteiger partial charge >= 0.3 is 5.97 Å². The molecule has 1 fully saturated rings. The van der Waals surface area contributed by atoms with Crippen LogP contribution in [-0.2, 0) is 15.1 Å². The van der Waals surface area contributed by atoms with Crippen molar-refractivity contribution in [2.24, 2.45) is 0 Å². The largest absolute Gasteiger partial charge is 0.479 e. The van der Waals surface area contributed by atoms with Crippen molar-refractivity contribution in [3.63, 3.8) is 0 Å². The van der Waals surface area contributed by atoms with E-state index in [0.717, 1.165) is 12.8 Å². The molecular weight excluding hydrogens is 266 g/mol. The van der Waals surface area contributed by atoms with Crippen LogP contribution in [0.4, 0.5) is 0 Å². The molecule has 4 nitrogen and oxygen atoms in total. The third kappa shape index (κ3) is 2.45. The summed E-state index contributed by atoms with van der Waals surface area (Å²) in [7, 11) is 0. The molecule has 1 atom stereocenters. The fraction of sp³-hybridized carbons (Fsp3) is 0.429. The number of halogens is 1. The Bertz CT molecular complexity index is 510. The van der Waals surface area contributed by atoms with E-state index in [9.17, 15) is 14.7 Å². The van der Waals surface area contributed by atoms with Gasteiger partial charge in [-0.1, -0.05) is 23.7 Å². The van der Waals surface area contributed by atoms with Crippen molar-refractivity contribution in [2.75, 3.05) is 0 Å². The molecule has 5 heteroatoms. The molecule has 1 aliphatic carbocycles. The van der Waals surface area contributed by atoms with E-state index in [0.29, 0.717) is 10.6 Å². The van der Waals surface area contributed by atoms with E-state index in [1.54, 1.807) is 31.2 Å². The van der Waals surface area contributed by atoms with E-state index in [1.807, 2.05) is 0 Å². The van der Waals surface area contributed by atoms with E-state index in [4.69, 9.17) is 11.6 Å². The molecule has 1 aromatic carbocycles. The average molecular weight is 282 g/mol. The van der Waals surface area contributed by atoms with Crippen LogP contribution in [0.1, 0.15) is 32.3 Å². The molecule has 0 radical (unpaired) electrons. The molecule has 0 aliphatic heterocycles. The monoisotopic (exact) mass is 281 g/mol. The lowest BCUT2D eigenvalue weighted by molar-refractivity contribution is -0.159. The van der Waals surface area contributed by atoms with Crippen molar-refractivity contribution in [1.82, 2.24) is 4.90 Å². The van der Waals surface area contributed by atoms with Crippen molar-refractivity contribution in [3.8, 4) is 0 Å². The van der Waals surface area contributed by atoms with E-state index >= 15 is 0 Å². The van der Waals surface area contributed by atoms with Crippen molar-refractivity contribution in [2.45, 2.75) is 38.3 Å². The lowest BCUT2D eigenvalue weighted by Gasteiger charge is -2.38. The number of hydrogen-bond donors (Lipinski definition) is 1. The molecule has 0 saturated heterocycles. The zero-order valence-corrected chi connectivity index (χ0v) is 11.6. The summed E-state index contributed by atoms with van der Waals surface area (Å²) >= 11 is 5.83. The summed E-state index contributed by atoms with van der Waals surface area (Å²) in [5.41, 5.74) is -0.788. The topological polar surface area (TPSA) is 57.6 Å². The van der Waals surface area contributed by atoms with Gasteiger partial charge in [0.05, 0.1) is 0 Å². The van der Waals surface area contributed by atoms with Gasteiger partial charge in [-0.25, -0.2) is 4.79 Å². The lowest BCUT2D eigenvalue weighted by Crippen LogP contribution is -2.53. The zero-order chi connectivity index (χ0) is 14.2. The standard InChI is InChI=1S/C14H16ClNO3/c1-9(17)16(12-7-8-12)14(2,13(18)19)10-3-5-11(15)6-4-10/h3-6,12H,7-8H2,1-2H3,(H,18,19). The fourth-order valence-corrected chi connectivity index (χ4v) is 2.54. The van der Waals surface area contributed by atoms with Gasteiger partial charge < -0.3 is 10.0 Å². The molecular formula is C14H16ClNO3. The number of rotatable bonds is 4. The number of aliphatic carboxylic acids is 1. The van der Waals surface area contributed by atoms with Crippen LogP contribution in [0.5, 0.6) is 0 Å². The van der Waals surface area contributed by atoms with Crippen LogP contribution < -0.4 is 0 Å². The third-order valence-electron chi connectivity index (χ3n) is 3.56. The van der Waals surface area contributed by atoms with Crippen LogP contribution in [0, 0.1) is 0 Å². The quantitative estimate of drug-likeness (QED) is 0.923. The van der Waals surface area contributed by atoms with E-state index in [-0.39, 0.29) is 11.9 Å². The SMILES string of the molecule is CC(=O)N(C1CC1)C(C)(C(=O)O)c1ccc(Cl)cc1. The van der Waals surface area contributed by atoms with E-state index in [2.05, 4.69) is 0 Å². The summed E-state index contributed by atoms with van der Waals surface area (Å²) < 4.78 is 0. The molecule has 0 bridgehead atoms. The van der Waals surface area contributed by atoms with Gasteiger partial charge in [-0.3, -0.25) is 4.79 Å². The number of carboxylic acid groups (broad SMARTS) is 1. The predicted octanol–water partition coefficient (Wildman–Crippen LogP) is 2.65. The molecule has 0 aromatic heterocycles. The summed E-state index contributed by atoms with van der Waals surface area (Å²) in [5.74, 6) is -1.25. The first-order valence-corrected chi connectivity index (χ1v) is 6.54. The van der Waals surface area contributed by atoms with Crippen molar-refractivity contribution < 1.29 is 14.7 Å². The summed E-state index contributed by atoms with van der Waals surface area (Å²) in [6.45, 7) is 2.98. The first-order chi connectivity index (χ1) is 8.87. The lowest BCUT2D eigenvalue weighted by atomic mass is 9.89. The van der Waals surface area contributed by atoms with Crippen molar-refractivity contribution in [3.05, 3.63) is 34.9 Å². The molecule has 1 N–H and O–H groups in total. The van der Waals surface area contributed by atoms with Crippen LogP contribution >= 0.6 is 11.6 Å². The van der Waals surface area contributed by atoms with E-state index in [1.165, 1.54) is 11.8 Å². The summed E-state index contributed by atoms with van der Waals surface area (Å²) in [6.07, 6.45) is 1.71. The first-order valence-electron chi connectivity index (χ1n) is 6.16. The van der Waals surface area contributed by atoms with Gasteiger partial charge in [0, 0.05) is 18.0 Å². The Labute approximate surface area is 117 Å². The summed E-state index contributed by atoms with van der Waals surface area (Å²) in [5, 5.41) is 10.2. The highest BCUT2D eigenvalue weighted by molar-refractivity contribution is 6.30. The molecule has 1 amide bonds. The minimum atomic E-state index is -1.35. The summed E-state index contributed by atoms with van der Waals surface area (Å²) in [6, 6.07) is 6.63. The Kier molecular flexibility index (Phi) is 3.54. The normalized spacial score (nSPS) is 17.6. The average Bonchev–Trinajstić information content (AvgIpc) is 3.13. The van der Waals surface area contributed by atoms with Crippen LogP contribution in [0.25, 0.3) is 0 Å². The second-order valence-corrected chi connectivity index (χ2v) is 5.44. The second kappa shape index (κ2) is 4.85. The smallest absolute Gasteiger partial charge is 0.334 e. The molecule has 0 heterocycles. The number of carboxylic acids is 1. The number of hydrogen-bond acceptors (Lipinski definition) is 2. The van der Waals surface area contributed by atoms with Gasteiger partial charge in [0.2, 0.25) is 5.91 Å². The molecule has 19 heavy (non-hydrogen) atoms.